The van der Waals surface area contributed by atoms with Crippen LogP contribution in [0.4, 0.5) is 0 Å². The van der Waals surface area contributed by atoms with Crippen molar-refractivity contribution in [2.45, 2.75) is 0 Å². The molecule has 0 aliphatic carbocycles. The van der Waals surface area contributed by atoms with Crippen molar-refractivity contribution in [3.63, 3.8) is 0 Å². The topological polar surface area (TPSA) is 275 Å². The molecule has 0 amide bonds. The van der Waals surface area contributed by atoms with E-state index in [1.807, 2.05) is 18.2 Å². The summed E-state index contributed by atoms with van der Waals surface area (Å²) in [4.78, 5) is 43.8. The van der Waals surface area contributed by atoms with Crippen molar-refractivity contribution in [1.29, 1.82) is 0 Å². The first-order valence-electron chi connectivity index (χ1n) is 20.7. The van der Waals surface area contributed by atoms with Crippen molar-refractivity contribution in [2.75, 3.05) is 0 Å². The van der Waals surface area contributed by atoms with Gasteiger partial charge in [-0.15, -0.1) is 26.7 Å². The Morgan fingerprint density at radius 1 is 0.236 bits per heavy atom. The molecule has 0 fully saturated rings. The van der Waals surface area contributed by atoms with E-state index in [-0.39, 0.29) is 32.7 Å². The van der Waals surface area contributed by atoms with Crippen LogP contribution in [0, 0.1) is 50.6 Å². The van der Waals surface area contributed by atoms with Crippen LogP contribution in [-0.4, -0.2) is 4.98 Å². The second kappa shape index (κ2) is 38.7. The van der Waals surface area contributed by atoms with Crippen LogP contribution in [-0.2, 0) is 32.7 Å². The maximum atomic E-state index is 8.00. The standard InChI is InChI=1S/2C24H20P.C5H5N.5HNO2.Y/c2*1-5-13-21(14-6-1)25(22-15-7-2-8-16-22,23-17-9-3-10-18-23)24-19-11-4-12-20-24;1-2-4-6-5-3-1;5*2-1-3;/h2*1-20H;1-5H;5*(H,2,3);/q2*+1;;;;;;;+3/p-5. The predicted molar refractivity (Wildman–Crippen MR) is 292 cm³/mol. The Morgan fingerprint density at radius 3 is 0.431 bits per heavy atom. The van der Waals surface area contributed by atoms with Gasteiger partial charge in [-0.05, 0) is 109 Å². The molecule has 72 heavy (non-hydrogen) atoms. The molecule has 0 aliphatic heterocycles. The number of aromatic nitrogens is 1. The van der Waals surface area contributed by atoms with E-state index in [1.54, 1.807) is 12.4 Å². The Bertz CT molecular complexity index is 2200. The van der Waals surface area contributed by atoms with Gasteiger partial charge >= 0.3 is 32.7 Å². The molecule has 360 valence electrons. The van der Waals surface area contributed by atoms with Gasteiger partial charge in [0.05, 0.1) is 0 Å². The molecule has 1 heterocycles. The third kappa shape index (κ3) is 19.0. The van der Waals surface area contributed by atoms with Gasteiger partial charge in [-0.3, -0.25) is 4.98 Å². The summed E-state index contributed by atoms with van der Waals surface area (Å²) in [5.74, 6) is 0. The first kappa shape index (κ1) is 61.9. The predicted octanol–water partition coefficient (Wildman–Crippen LogP) is 10.9. The Kier molecular flexibility index (Phi) is 33.3. The summed E-state index contributed by atoms with van der Waals surface area (Å²) in [6.45, 7) is 0. The SMILES string of the molecule is O=N[O-].O=N[O-].O=N[O-].O=N[O-].O=N[O-].[Y+3].c1ccc([P+](c2ccccc2)(c2ccccc2)c2ccccc2)cc1.c1ccc([P+](c2ccccc2)(c2ccccc2)c2ccccc2)cc1.c1ccncc1. The number of rotatable bonds is 8. The van der Waals surface area contributed by atoms with Crippen molar-refractivity contribution in [1.82, 2.24) is 4.98 Å². The molecule has 0 atom stereocenters. The molecule has 19 heteroatoms. The van der Waals surface area contributed by atoms with Crippen LogP contribution in [0.3, 0.4) is 0 Å². The molecule has 9 aromatic rings. The summed E-state index contributed by atoms with van der Waals surface area (Å²) in [7, 11) is -3.81. The molecule has 0 unspecified atom stereocenters. The summed E-state index contributed by atoms with van der Waals surface area (Å²) >= 11 is 0. The van der Waals surface area contributed by atoms with Crippen LogP contribution in [0.1, 0.15) is 0 Å². The normalized spacial score (nSPS) is 9.28. The first-order valence-corrected chi connectivity index (χ1v) is 24.3. The van der Waals surface area contributed by atoms with Gasteiger partial charge in [0.15, 0.2) is 0 Å². The zero-order chi connectivity index (χ0) is 51.7. The molecule has 0 aliphatic rings. The fraction of sp³-hybridized carbons (Fsp3) is 0. The van der Waals surface area contributed by atoms with E-state index in [0.717, 1.165) is 26.7 Å². The zero-order valence-corrected chi connectivity index (χ0v) is 42.8. The average molecular weight is 1080 g/mol. The van der Waals surface area contributed by atoms with Gasteiger partial charge in [-0.2, -0.15) is 0 Å². The number of nitrogens with zero attached hydrogens (tertiary/aromatic N) is 6. The minimum absolute atomic E-state index is 0. The Hall–Kier alpha value is -8.13. The van der Waals surface area contributed by atoms with E-state index < -0.39 is 14.5 Å². The van der Waals surface area contributed by atoms with Gasteiger partial charge in [-0.25, -0.2) is 0 Å². The Morgan fingerprint density at radius 2 is 0.347 bits per heavy atom. The van der Waals surface area contributed by atoms with Gasteiger partial charge in [0.1, 0.15) is 57.0 Å². The van der Waals surface area contributed by atoms with Gasteiger partial charge in [0.25, 0.3) is 0 Å². The fourth-order valence-corrected chi connectivity index (χ4v) is 15.8. The molecular weight excluding hydrogens is 1030 g/mol. The van der Waals surface area contributed by atoms with E-state index in [2.05, 4.69) is 248 Å². The van der Waals surface area contributed by atoms with Crippen LogP contribution < -0.4 is 42.4 Å². The molecule has 0 bridgehead atoms. The van der Waals surface area contributed by atoms with E-state index in [9.17, 15) is 0 Å². The van der Waals surface area contributed by atoms with Gasteiger partial charge < -0.3 is 50.6 Å². The average Bonchev–Trinajstić information content (AvgIpc) is 3.44. The third-order valence-electron chi connectivity index (χ3n) is 9.71. The minimum atomic E-state index is -1.91. The first-order chi connectivity index (χ1) is 34.9. The van der Waals surface area contributed by atoms with Crippen LogP contribution in [0.15, 0.2) is 300 Å². The molecule has 0 saturated heterocycles. The molecule has 9 rings (SSSR count). The maximum Gasteiger partial charge on any atom is 3.00 e. The molecule has 0 N–H and O–H groups in total. The van der Waals surface area contributed by atoms with Crippen molar-refractivity contribution < 1.29 is 32.7 Å². The quantitative estimate of drug-likeness (QED) is 0.0783. The van der Waals surface area contributed by atoms with Crippen LogP contribution in [0.25, 0.3) is 0 Å². The molecule has 8 aromatic carbocycles. The van der Waals surface area contributed by atoms with E-state index in [1.165, 1.54) is 42.4 Å². The Labute approximate surface area is 442 Å². The summed E-state index contributed by atoms with van der Waals surface area (Å²) in [5, 5.41) is 56.1. The summed E-state index contributed by atoms with van der Waals surface area (Å²) in [6.07, 6.45) is 3.50. The molecule has 0 spiro atoms. The number of hydrogen-bond acceptors (Lipinski definition) is 16. The van der Waals surface area contributed by atoms with Crippen LogP contribution >= 0.6 is 14.5 Å². The van der Waals surface area contributed by atoms with Gasteiger partial charge in [0.2, 0.25) is 0 Å². The summed E-state index contributed by atoms with van der Waals surface area (Å²) in [6, 6.07) is 93.4. The molecular formula is C53H45N6O10P2Y. The van der Waals surface area contributed by atoms with Crippen molar-refractivity contribution in [2.24, 2.45) is 26.7 Å². The summed E-state index contributed by atoms with van der Waals surface area (Å²) in [5.41, 5.74) is 0. The third-order valence-corrected chi connectivity index (χ3v) is 18.3. The van der Waals surface area contributed by atoms with E-state index in [4.69, 9.17) is 50.6 Å². The Balaban J connectivity index is 0.000000514. The smallest absolute Gasteiger partial charge is 0.444 e. The second-order valence-corrected chi connectivity index (χ2v) is 20.2. The summed E-state index contributed by atoms with van der Waals surface area (Å²) < 4.78 is 0. The van der Waals surface area contributed by atoms with Crippen molar-refractivity contribution in [3.8, 4) is 0 Å². The fourth-order valence-electron chi connectivity index (χ4n) is 7.31. The van der Waals surface area contributed by atoms with E-state index in [0.29, 0.717) is 0 Å². The monoisotopic (exact) mass is 1080 g/mol. The maximum absolute atomic E-state index is 8.00. The van der Waals surface area contributed by atoms with Crippen molar-refractivity contribution in [3.05, 3.63) is 324 Å². The van der Waals surface area contributed by atoms with Gasteiger partial charge in [0, 0.05) is 12.4 Å². The zero-order valence-electron chi connectivity index (χ0n) is 38.2. The van der Waals surface area contributed by atoms with Crippen molar-refractivity contribution >= 4 is 57.0 Å². The number of hydrogen-bond donors (Lipinski definition) is 0. The minimum Gasteiger partial charge on any atom is -0.444 e. The number of benzene rings is 8. The van der Waals surface area contributed by atoms with Crippen LogP contribution in [0.5, 0.6) is 0 Å². The molecule has 0 saturated carbocycles. The molecule has 1 aromatic heterocycles. The molecule has 0 radical (unpaired) electrons. The second-order valence-electron chi connectivity index (χ2n) is 13.4. The van der Waals surface area contributed by atoms with Gasteiger partial charge in [-0.1, -0.05) is 152 Å². The van der Waals surface area contributed by atoms with E-state index >= 15 is 0 Å². The number of pyridine rings is 1. The van der Waals surface area contributed by atoms with Crippen LogP contribution in [0.2, 0.25) is 0 Å². The largest absolute Gasteiger partial charge is 3.00 e. The molecule has 16 nitrogen and oxygen atoms in total.